The summed E-state index contributed by atoms with van der Waals surface area (Å²) >= 11 is 0. The van der Waals surface area contributed by atoms with Crippen LogP contribution in [0.4, 0.5) is 0 Å². The molecule has 7 heteroatoms. The highest BCUT2D eigenvalue weighted by molar-refractivity contribution is 7.89. The zero-order valence-electron chi connectivity index (χ0n) is 13.7. The van der Waals surface area contributed by atoms with Crippen molar-refractivity contribution in [2.24, 2.45) is 5.73 Å². The summed E-state index contributed by atoms with van der Waals surface area (Å²) in [6, 6.07) is 15.2. The Bertz CT molecular complexity index is 1010. The van der Waals surface area contributed by atoms with Gasteiger partial charge in [0.2, 0.25) is 10.0 Å². The molecule has 0 fully saturated rings. The molecule has 1 aliphatic rings. The molecule has 1 aromatic heterocycles. The number of nitrogens with zero attached hydrogens (tertiary/aromatic N) is 3. The van der Waals surface area contributed by atoms with Crippen LogP contribution in [0.3, 0.4) is 0 Å². The van der Waals surface area contributed by atoms with Gasteiger partial charge in [0.05, 0.1) is 23.1 Å². The summed E-state index contributed by atoms with van der Waals surface area (Å²) in [4.78, 5) is 4.31. The second-order valence-electron chi connectivity index (χ2n) is 6.34. The number of aryl methyl sites for hydroxylation is 1. The van der Waals surface area contributed by atoms with Gasteiger partial charge in [-0.2, -0.15) is 4.31 Å². The van der Waals surface area contributed by atoms with Crippen LogP contribution in [-0.4, -0.2) is 34.6 Å². The molecule has 0 bridgehead atoms. The third kappa shape index (κ3) is 3.06. The Balaban J connectivity index is 1.53. The maximum atomic E-state index is 12.8. The van der Waals surface area contributed by atoms with Gasteiger partial charge in [0.1, 0.15) is 0 Å². The zero-order chi connectivity index (χ0) is 17.4. The third-order valence-corrected chi connectivity index (χ3v) is 6.48. The van der Waals surface area contributed by atoms with Crippen molar-refractivity contribution in [2.45, 2.75) is 19.1 Å². The monoisotopic (exact) mass is 356 g/mol. The van der Waals surface area contributed by atoms with E-state index >= 15 is 0 Å². The number of rotatable bonds is 4. The van der Waals surface area contributed by atoms with Gasteiger partial charge in [-0.25, -0.2) is 13.4 Å². The quantitative estimate of drug-likeness (QED) is 0.774. The Morgan fingerprint density at radius 3 is 2.76 bits per heavy atom. The van der Waals surface area contributed by atoms with Crippen LogP contribution in [0.2, 0.25) is 0 Å². The molecule has 2 aromatic carbocycles. The predicted octanol–water partition coefficient (Wildman–Crippen LogP) is 1.88. The number of hydrogen-bond donors (Lipinski definition) is 1. The topological polar surface area (TPSA) is 81.2 Å². The number of fused-ring (bicyclic) bond motifs is 2. The van der Waals surface area contributed by atoms with E-state index in [1.807, 2.05) is 53.1 Å². The first kappa shape index (κ1) is 16.3. The van der Waals surface area contributed by atoms with E-state index in [0.717, 1.165) is 22.2 Å². The maximum Gasteiger partial charge on any atom is 0.216 e. The molecule has 2 N–H and O–H groups in total. The Hall–Kier alpha value is -2.22. The summed E-state index contributed by atoms with van der Waals surface area (Å²) in [6.07, 6.45) is 1.69. The van der Waals surface area contributed by atoms with E-state index in [9.17, 15) is 8.42 Å². The van der Waals surface area contributed by atoms with Crippen molar-refractivity contribution >= 4 is 21.1 Å². The molecule has 0 saturated carbocycles. The van der Waals surface area contributed by atoms with Gasteiger partial charge in [-0.15, -0.1) is 0 Å². The van der Waals surface area contributed by atoms with Crippen LogP contribution >= 0.6 is 0 Å². The van der Waals surface area contributed by atoms with Gasteiger partial charge in [-0.1, -0.05) is 36.4 Å². The Labute approximate surface area is 146 Å². The third-order valence-electron chi connectivity index (χ3n) is 4.71. The van der Waals surface area contributed by atoms with Crippen molar-refractivity contribution in [1.82, 2.24) is 13.9 Å². The molecule has 0 spiro atoms. The molecule has 25 heavy (non-hydrogen) atoms. The van der Waals surface area contributed by atoms with Gasteiger partial charge in [0, 0.05) is 25.7 Å². The molecule has 1 aliphatic heterocycles. The average Bonchev–Trinajstić information content (AvgIpc) is 3.03. The van der Waals surface area contributed by atoms with Gasteiger partial charge >= 0.3 is 0 Å². The van der Waals surface area contributed by atoms with Gasteiger partial charge < -0.3 is 10.3 Å². The average molecular weight is 356 g/mol. The van der Waals surface area contributed by atoms with Gasteiger partial charge in [0.25, 0.3) is 0 Å². The van der Waals surface area contributed by atoms with Crippen molar-refractivity contribution in [3.63, 3.8) is 0 Å². The van der Waals surface area contributed by atoms with E-state index in [2.05, 4.69) is 4.98 Å². The molecule has 3 aromatic rings. The molecular formula is C18H20N4O2S. The molecule has 6 nitrogen and oxygen atoms in total. The Kier molecular flexibility index (Phi) is 4.07. The first-order valence-corrected chi connectivity index (χ1v) is 9.86. The number of sulfonamides is 1. The smallest absolute Gasteiger partial charge is 0.216 e. The fourth-order valence-corrected chi connectivity index (χ4v) is 4.76. The van der Waals surface area contributed by atoms with Gasteiger partial charge in [-0.05, 0) is 23.3 Å². The minimum Gasteiger partial charge on any atom is -0.330 e. The van der Waals surface area contributed by atoms with E-state index in [0.29, 0.717) is 19.6 Å². The van der Waals surface area contributed by atoms with E-state index in [1.54, 1.807) is 6.33 Å². The normalized spacial score (nSPS) is 18.4. The lowest BCUT2D eigenvalue weighted by Gasteiger charge is -2.32. The lowest BCUT2D eigenvalue weighted by molar-refractivity contribution is 0.357. The molecule has 0 radical (unpaired) electrons. The fourth-order valence-electron chi connectivity index (χ4n) is 3.36. The predicted molar refractivity (Wildman–Crippen MR) is 97.3 cm³/mol. The molecular weight excluding hydrogens is 336 g/mol. The van der Waals surface area contributed by atoms with Crippen LogP contribution in [0.25, 0.3) is 11.0 Å². The summed E-state index contributed by atoms with van der Waals surface area (Å²) in [5, 5.41) is 0. The standard InChI is InChI=1S/C18H20N4O2S/c19-16-12-22(11-14-5-1-2-6-15(14)16)25(23,24)10-9-21-13-20-17-7-3-4-8-18(17)21/h1-8,13,16H,9-12,19H2. The van der Waals surface area contributed by atoms with Crippen molar-refractivity contribution < 1.29 is 8.42 Å². The second-order valence-corrected chi connectivity index (χ2v) is 8.43. The number of benzene rings is 2. The first-order chi connectivity index (χ1) is 12.0. The highest BCUT2D eigenvalue weighted by Gasteiger charge is 2.30. The van der Waals surface area contributed by atoms with Crippen LogP contribution < -0.4 is 5.73 Å². The van der Waals surface area contributed by atoms with E-state index in [4.69, 9.17) is 5.73 Å². The summed E-state index contributed by atoms with van der Waals surface area (Å²) in [5.41, 5.74) is 10.0. The highest BCUT2D eigenvalue weighted by Crippen LogP contribution is 2.26. The van der Waals surface area contributed by atoms with Crippen molar-refractivity contribution in [3.8, 4) is 0 Å². The second kappa shape index (κ2) is 6.25. The van der Waals surface area contributed by atoms with Crippen LogP contribution in [-0.2, 0) is 23.1 Å². The van der Waals surface area contributed by atoms with Crippen molar-refractivity contribution in [1.29, 1.82) is 0 Å². The zero-order valence-corrected chi connectivity index (χ0v) is 14.6. The minimum atomic E-state index is -3.40. The molecule has 0 saturated heterocycles. The molecule has 1 unspecified atom stereocenters. The molecule has 4 rings (SSSR count). The van der Waals surface area contributed by atoms with Gasteiger partial charge in [-0.3, -0.25) is 0 Å². The van der Waals surface area contributed by atoms with Crippen LogP contribution in [0.1, 0.15) is 17.2 Å². The van der Waals surface area contributed by atoms with E-state index in [1.165, 1.54) is 4.31 Å². The molecule has 2 heterocycles. The number of aromatic nitrogens is 2. The van der Waals surface area contributed by atoms with Crippen molar-refractivity contribution in [3.05, 3.63) is 66.0 Å². The highest BCUT2D eigenvalue weighted by atomic mass is 32.2. The Morgan fingerprint density at radius 1 is 1.12 bits per heavy atom. The lowest BCUT2D eigenvalue weighted by atomic mass is 9.98. The first-order valence-electron chi connectivity index (χ1n) is 8.26. The molecule has 1 atom stereocenters. The van der Waals surface area contributed by atoms with E-state index in [-0.39, 0.29) is 11.8 Å². The molecule has 130 valence electrons. The largest absolute Gasteiger partial charge is 0.330 e. The SMILES string of the molecule is NC1CN(S(=O)(=O)CCn2cnc3ccccc32)Cc2ccccc21. The summed E-state index contributed by atoms with van der Waals surface area (Å²) in [7, 11) is -3.40. The lowest BCUT2D eigenvalue weighted by Crippen LogP contribution is -2.42. The fraction of sp³-hybridized carbons (Fsp3) is 0.278. The Morgan fingerprint density at radius 2 is 1.88 bits per heavy atom. The number of hydrogen-bond acceptors (Lipinski definition) is 4. The summed E-state index contributed by atoms with van der Waals surface area (Å²) in [5.74, 6) is 0.0300. The van der Waals surface area contributed by atoms with Crippen LogP contribution in [0, 0.1) is 0 Å². The van der Waals surface area contributed by atoms with Crippen LogP contribution in [0.5, 0.6) is 0 Å². The van der Waals surface area contributed by atoms with Gasteiger partial charge in [0.15, 0.2) is 0 Å². The van der Waals surface area contributed by atoms with Crippen LogP contribution in [0.15, 0.2) is 54.9 Å². The molecule has 0 amide bonds. The van der Waals surface area contributed by atoms with E-state index < -0.39 is 10.0 Å². The van der Waals surface area contributed by atoms with Crippen molar-refractivity contribution in [2.75, 3.05) is 12.3 Å². The summed E-state index contributed by atoms with van der Waals surface area (Å²) < 4.78 is 29.0. The summed E-state index contributed by atoms with van der Waals surface area (Å²) in [6.45, 7) is 1.08. The maximum absolute atomic E-state index is 12.8. The minimum absolute atomic E-state index is 0.0300. The number of para-hydroxylation sites is 2. The number of nitrogens with two attached hydrogens (primary N) is 1. The number of imidazole rings is 1. The molecule has 0 aliphatic carbocycles.